The van der Waals surface area contributed by atoms with Gasteiger partial charge in [-0.1, -0.05) is 23.7 Å². The standard InChI is InChI=1S/C20H19ClN6O/c21-17-15(14-3-1-2-13(8-14)9-22)16-18(26-17)24-12-25-19(16)27-6-7-28-20(11-27)4-5-23-10-20/h1-3,8,12,23H,4-7,10-11H2,(H,24,25,26)/t20-/m0/s1. The first kappa shape index (κ1) is 17.4. The van der Waals surface area contributed by atoms with Crippen LogP contribution in [0.3, 0.4) is 0 Å². The van der Waals surface area contributed by atoms with Crippen molar-refractivity contribution in [3.8, 4) is 17.2 Å². The van der Waals surface area contributed by atoms with E-state index >= 15 is 0 Å². The molecule has 2 aliphatic heterocycles. The van der Waals surface area contributed by atoms with Crippen LogP contribution in [0, 0.1) is 11.3 Å². The minimum absolute atomic E-state index is 0.170. The predicted octanol–water partition coefficient (Wildman–Crippen LogP) is 2.72. The van der Waals surface area contributed by atoms with Gasteiger partial charge in [-0.2, -0.15) is 5.26 Å². The van der Waals surface area contributed by atoms with Crippen LogP contribution >= 0.6 is 11.6 Å². The van der Waals surface area contributed by atoms with Crippen molar-refractivity contribution in [2.24, 2.45) is 0 Å². The molecular formula is C20H19ClN6O. The maximum Gasteiger partial charge on any atom is 0.144 e. The molecule has 5 rings (SSSR count). The number of H-pyrrole nitrogens is 1. The van der Waals surface area contributed by atoms with E-state index in [-0.39, 0.29) is 5.60 Å². The molecule has 2 saturated heterocycles. The van der Waals surface area contributed by atoms with Crippen LogP contribution in [0.15, 0.2) is 30.6 Å². The van der Waals surface area contributed by atoms with E-state index in [0.29, 0.717) is 23.0 Å². The second-order valence-electron chi connectivity index (χ2n) is 7.31. The molecule has 2 fully saturated rings. The van der Waals surface area contributed by atoms with E-state index in [1.807, 2.05) is 18.2 Å². The normalized spacial score (nSPS) is 22.1. The number of rotatable bonds is 2. The molecule has 0 aliphatic carbocycles. The molecule has 0 saturated carbocycles. The Bertz CT molecular complexity index is 1080. The Balaban J connectivity index is 1.65. The summed E-state index contributed by atoms with van der Waals surface area (Å²) in [7, 11) is 0. The summed E-state index contributed by atoms with van der Waals surface area (Å²) in [5, 5.41) is 14.1. The van der Waals surface area contributed by atoms with E-state index in [0.717, 1.165) is 54.9 Å². The maximum absolute atomic E-state index is 9.27. The fourth-order valence-corrected chi connectivity index (χ4v) is 4.53. The van der Waals surface area contributed by atoms with Crippen molar-refractivity contribution in [2.75, 3.05) is 37.7 Å². The van der Waals surface area contributed by atoms with Gasteiger partial charge in [0, 0.05) is 25.2 Å². The molecule has 0 unspecified atom stereocenters. The number of halogens is 1. The second kappa shape index (κ2) is 6.74. The lowest BCUT2D eigenvalue weighted by Gasteiger charge is -2.40. The lowest BCUT2D eigenvalue weighted by Crippen LogP contribution is -2.53. The molecule has 2 aliphatic rings. The zero-order valence-corrected chi connectivity index (χ0v) is 16.0. The van der Waals surface area contributed by atoms with Gasteiger partial charge in [-0.05, 0) is 30.7 Å². The van der Waals surface area contributed by atoms with Crippen molar-refractivity contribution in [2.45, 2.75) is 12.0 Å². The van der Waals surface area contributed by atoms with Crippen LogP contribution in [0.2, 0.25) is 5.15 Å². The molecule has 0 amide bonds. The quantitative estimate of drug-likeness (QED) is 0.694. The topological polar surface area (TPSA) is 89.9 Å². The number of morpholine rings is 1. The van der Waals surface area contributed by atoms with Crippen LogP contribution in [0.5, 0.6) is 0 Å². The lowest BCUT2D eigenvalue weighted by molar-refractivity contribution is -0.0405. The molecule has 3 aromatic rings. The van der Waals surface area contributed by atoms with E-state index in [2.05, 4.69) is 31.2 Å². The number of benzene rings is 1. The minimum atomic E-state index is -0.170. The van der Waals surface area contributed by atoms with E-state index in [1.54, 1.807) is 12.4 Å². The molecule has 0 radical (unpaired) electrons. The number of nitriles is 1. The van der Waals surface area contributed by atoms with Crippen LogP contribution in [-0.2, 0) is 4.74 Å². The van der Waals surface area contributed by atoms with Crippen molar-refractivity contribution >= 4 is 28.5 Å². The maximum atomic E-state index is 9.27. The molecule has 1 aromatic carbocycles. The molecule has 2 aromatic heterocycles. The summed E-state index contributed by atoms with van der Waals surface area (Å²) in [4.78, 5) is 14.4. The van der Waals surface area contributed by atoms with Gasteiger partial charge in [0.15, 0.2) is 0 Å². The number of aromatic nitrogens is 3. The number of nitrogens with zero attached hydrogens (tertiary/aromatic N) is 4. The highest BCUT2D eigenvalue weighted by Crippen LogP contribution is 2.40. The van der Waals surface area contributed by atoms with Crippen molar-refractivity contribution in [3.05, 3.63) is 41.3 Å². The first-order valence-electron chi connectivity index (χ1n) is 9.31. The molecule has 8 heteroatoms. The highest BCUT2D eigenvalue weighted by Gasteiger charge is 2.40. The van der Waals surface area contributed by atoms with Crippen molar-refractivity contribution in [1.29, 1.82) is 5.26 Å². The van der Waals surface area contributed by atoms with Gasteiger partial charge in [-0.25, -0.2) is 9.97 Å². The van der Waals surface area contributed by atoms with Gasteiger partial charge in [0.25, 0.3) is 0 Å². The van der Waals surface area contributed by atoms with Gasteiger partial charge in [0.2, 0.25) is 0 Å². The van der Waals surface area contributed by atoms with Gasteiger partial charge in [0.1, 0.15) is 22.9 Å². The monoisotopic (exact) mass is 394 g/mol. The van der Waals surface area contributed by atoms with Gasteiger partial charge >= 0.3 is 0 Å². The number of fused-ring (bicyclic) bond motifs is 1. The lowest BCUT2D eigenvalue weighted by atomic mass is 9.99. The highest BCUT2D eigenvalue weighted by molar-refractivity contribution is 6.35. The second-order valence-corrected chi connectivity index (χ2v) is 7.69. The number of aromatic amines is 1. The van der Waals surface area contributed by atoms with Crippen molar-refractivity contribution < 1.29 is 4.74 Å². The highest BCUT2D eigenvalue weighted by atomic mass is 35.5. The van der Waals surface area contributed by atoms with Gasteiger partial charge in [-0.15, -0.1) is 0 Å². The zero-order valence-electron chi connectivity index (χ0n) is 15.2. The molecule has 28 heavy (non-hydrogen) atoms. The summed E-state index contributed by atoms with van der Waals surface area (Å²) >= 11 is 6.57. The Morgan fingerprint density at radius 2 is 2.25 bits per heavy atom. The largest absolute Gasteiger partial charge is 0.370 e. The fraction of sp³-hybridized carbons (Fsp3) is 0.350. The molecule has 0 bridgehead atoms. The van der Waals surface area contributed by atoms with Crippen LogP contribution in [0.25, 0.3) is 22.2 Å². The number of hydrogen-bond donors (Lipinski definition) is 2. The average molecular weight is 395 g/mol. The SMILES string of the molecule is N#Cc1cccc(-c2c(Cl)[nH]c3ncnc(N4CCO[C@]5(CCNC5)C4)c23)c1. The van der Waals surface area contributed by atoms with Gasteiger partial charge in [-0.3, -0.25) is 0 Å². The predicted molar refractivity (Wildman–Crippen MR) is 107 cm³/mol. The third-order valence-corrected chi connectivity index (χ3v) is 5.84. The van der Waals surface area contributed by atoms with Crippen LogP contribution in [-0.4, -0.2) is 53.3 Å². The first-order chi connectivity index (χ1) is 13.7. The van der Waals surface area contributed by atoms with Crippen LogP contribution in [0.4, 0.5) is 5.82 Å². The summed E-state index contributed by atoms with van der Waals surface area (Å²) < 4.78 is 6.12. The number of hydrogen-bond acceptors (Lipinski definition) is 6. The number of anilines is 1. The summed E-state index contributed by atoms with van der Waals surface area (Å²) in [6, 6.07) is 9.62. The third kappa shape index (κ3) is 2.81. The Morgan fingerprint density at radius 1 is 1.32 bits per heavy atom. The Hall–Kier alpha value is -2.66. The summed E-state index contributed by atoms with van der Waals surface area (Å²) in [6.07, 6.45) is 2.55. The molecule has 142 valence electrons. The Morgan fingerprint density at radius 3 is 3.07 bits per heavy atom. The zero-order chi connectivity index (χ0) is 19.1. The van der Waals surface area contributed by atoms with Crippen molar-refractivity contribution in [1.82, 2.24) is 20.3 Å². The third-order valence-electron chi connectivity index (χ3n) is 5.56. The van der Waals surface area contributed by atoms with E-state index in [1.165, 1.54) is 0 Å². The summed E-state index contributed by atoms with van der Waals surface area (Å²) in [6.45, 7) is 4.00. The fourth-order valence-electron chi connectivity index (χ4n) is 4.24. The number of ether oxygens (including phenoxy) is 1. The molecule has 4 heterocycles. The molecular weight excluding hydrogens is 376 g/mol. The average Bonchev–Trinajstić information content (AvgIpc) is 3.31. The smallest absolute Gasteiger partial charge is 0.144 e. The summed E-state index contributed by atoms with van der Waals surface area (Å²) in [5.74, 6) is 0.847. The minimum Gasteiger partial charge on any atom is -0.370 e. The van der Waals surface area contributed by atoms with E-state index in [9.17, 15) is 5.26 Å². The Kier molecular flexibility index (Phi) is 4.20. The molecule has 1 atom stereocenters. The van der Waals surface area contributed by atoms with Gasteiger partial charge < -0.3 is 19.9 Å². The van der Waals surface area contributed by atoms with E-state index in [4.69, 9.17) is 16.3 Å². The van der Waals surface area contributed by atoms with Crippen molar-refractivity contribution in [3.63, 3.8) is 0 Å². The molecule has 1 spiro atoms. The Labute approximate surface area is 167 Å². The summed E-state index contributed by atoms with van der Waals surface area (Å²) in [5.41, 5.74) is 2.81. The van der Waals surface area contributed by atoms with E-state index < -0.39 is 0 Å². The first-order valence-corrected chi connectivity index (χ1v) is 9.69. The number of nitrogens with one attached hydrogen (secondary N) is 2. The van der Waals surface area contributed by atoms with Crippen LogP contribution < -0.4 is 10.2 Å². The molecule has 7 nitrogen and oxygen atoms in total. The molecule has 2 N–H and O–H groups in total. The van der Waals surface area contributed by atoms with Gasteiger partial charge in [0.05, 0.1) is 29.2 Å². The van der Waals surface area contributed by atoms with Crippen LogP contribution in [0.1, 0.15) is 12.0 Å².